The van der Waals surface area contributed by atoms with E-state index in [1.165, 1.54) is 15.6 Å². The zero-order valence-corrected chi connectivity index (χ0v) is 20.7. The summed E-state index contributed by atoms with van der Waals surface area (Å²) in [6, 6.07) is 11.4. The summed E-state index contributed by atoms with van der Waals surface area (Å²) < 4.78 is 29.8. The van der Waals surface area contributed by atoms with Crippen LogP contribution in [-0.2, 0) is 19.6 Å². The number of ether oxygens (including phenoxy) is 1. The summed E-state index contributed by atoms with van der Waals surface area (Å²) in [4.78, 5) is 25.8. The van der Waals surface area contributed by atoms with Crippen molar-refractivity contribution >= 4 is 55.6 Å². The first kappa shape index (κ1) is 25.1. The van der Waals surface area contributed by atoms with Crippen molar-refractivity contribution in [2.24, 2.45) is 5.92 Å². The second kappa shape index (κ2) is 11.1. The van der Waals surface area contributed by atoms with Crippen LogP contribution >= 0.6 is 23.6 Å². The lowest BCUT2D eigenvalue weighted by atomic mass is 9.98. The van der Waals surface area contributed by atoms with Gasteiger partial charge in [-0.15, -0.1) is 11.3 Å². The summed E-state index contributed by atoms with van der Waals surface area (Å²) in [6.07, 6.45) is 2.02. The van der Waals surface area contributed by atoms with E-state index < -0.39 is 16.0 Å². The predicted octanol–water partition coefficient (Wildman–Crippen LogP) is 2.58. The zero-order valence-electron chi connectivity index (χ0n) is 18.3. The molecule has 3 rings (SSSR count). The number of hydrazine groups is 1. The Bertz CT molecular complexity index is 1110. The van der Waals surface area contributed by atoms with E-state index in [4.69, 9.17) is 17.0 Å². The van der Waals surface area contributed by atoms with Crippen molar-refractivity contribution in [2.45, 2.75) is 19.8 Å². The number of amides is 1. The van der Waals surface area contributed by atoms with Crippen LogP contribution in [0.25, 0.3) is 10.4 Å². The molecule has 0 radical (unpaired) electrons. The molecule has 1 amide bonds. The highest BCUT2D eigenvalue weighted by Crippen LogP contribution is 2.35. The molecule has 2 heterocycles. The van der Waals surface area contributed by atoms with Gasteiger partial charge in [-0.05, 0) is 43.6 Å². The smallest absolute Gasteiger partial charge is 0.341 e. The molecular weight excluding hydrogens is 484 g/mol. The Hall–Kier alpha value is -2.54. The molecule has 1 fully saturated rings. The summed E-state index contributed by atoms with van der Waals surface area (Å²) in [6.45, 7) is 2.59. The van der Waals surface area contributed by atoms with Crippen molar-refractivity contribution in [2.75, 3.05) is 31.3 Å². The van der Waals surface area contributed by atoms with Crippen LogP contribution < -0.4 is 16.2 Å². The molecule has 178 valence electrons. The highest BCUT2D eigenvalue weighted by Gasteiger charge is 2.29. The standard InChI is InChI=1S/C21H26N4O5S3/c1-3-30-20(27)16-13-17(14-7-5-4-6-8-14)32-19(16)22-21(31)24-23-18(26)15-9-11-25(12-10-15)33(2,28)29/h4-8,13,15H,3,9-12H2,1-2H3,(H,23,26)(H2,22,24,31). The molecule has 0 aliphatic carbocycles. The SMILES string of the molecule is CCOC(=O)c1cc(-c2ccccc2)sc1NC(=S)NNC(=O)C1CCN(S(C)(=O)=O)CC1. The van der Waals surface area contributed by atoms with Crippen molar-refractivity contribution in [3.05, 3.63) is 42.0 Å². The Morgan fingerprint density at radius 3 is 2.45 bits per heavy atom. The molecule has 3 N–H and O–H groups in total. The molecule has 0 saturated carbocycles. The van der Waals surface area contributed by atoms with E-state index in [1.807, 2.05) is 30.3 Å². The summed E-state index contributed by atoms with van der Waals surface area (Å²) in [5.41, 5.74) is 6.53. The van der Waals surface area contributed by atoms with Gasteiger partial charge in [0.2, 0.25) is 15.9 Å². The number of hydrogen-bond acceptors (Lipinski definition) is 7. The maximum absolute atomic E-state index is 12.5. The number of benzene rings is 1. The van der Waals surface area contributed by atoms with Gasteiger partial charge < -0.3 is 10.1 Å². The van der Waals surface area contributed by atoms with E-state index >= 15 is 0 Å². The lowest BCUT2D eigenvalue weighted by Gasteiger charge is -2.29. The fourth-order valence-electron chi connectivity index (χ4n) is 3.39. The highest BCUT2D eigenvalue weighted by molar-refractivity contribution is 7.88. The number of sulfonamides is 1. The molecule has 0 unspecified atom stereocenters. The highest BCUT2D eigenvalue weighted by atomic mass is 32.2. The molecule has 1 aromatic carbocycles. The third-order valence-electron chi connectivity index (χ3n) is 5.11. The van der Waals surface area contributed by atoms with Gasteiger partial charge in [0.15, 0.2) is 5.11 Å². The molecular formula is C21H26N4O5S3. The van der Waals surface area contributed by atoms with Gasteiger partial charge in [-0.3, -0.25) is 15.6 Å². The van der Waals surface area contributed by atoms with Crippen LogP contribution in [0.15, 0.2) is 36.4 Å². The topological polar surface area (TPSA) is 117 Å². The molecule has 1 aliphatic heterocycles. The average molecular weight is 511 g/mol. The normalized spacial score (nSPS) is 15.0. The largest absolute Gasteiger partial charge is 0.462 e. The second-order valence-electron chi connectivity index (χ2n) is 7.44. The molecule has 9 nitrogen and oxygen atoms in total. The van der Waals surface area contributed by atoms with Crippen LogP contribution in [0.4, 0.5) is 5.00 Å². The number of carbonyl (C=O) groups excluding carboxylic acids is 2. The molecule has 0 bridgehead atoms. The van der Waals surface area contributed by atoms with Crippen LogP contribution in [0.3, 0.4) is 0 Å². The Morgan fingerprint density at radius 1 is 1.18 bits per heavy atom. The fourth-order valence-corrected chi connectivity index (χ4v) is 5.54. The third-order valence-corrected chi connectivity index (χ3v) is 7.71. The number of anilines is 1. The number of thiocarbonyl (C=S) groups is 1. The summed E-state index contributed by atoms with van der Waals surface area (Å²) in [5.74, 6) is -1.06. The lowest BCUT2D eigenvalue weighted by molar-refractivity contribution is -0.126. The van der Waals surface area contributed by atoms with Gasteiger partial charge in [-0.25, -0.2) is 17.5 Å². The van der Waals surface area contributed by atoms with Crippen LogP contribution in [0.2, 0.25) is 0 Å². The van der Waals surface area contributed by atoms with Crippen LogP contribution in [0.5, 0.6) is 0 Å². The second-order valence-corrected chi connectivity index (χ2v) is 10.9. The molecule has 2 aromatic rings. The van der Waals surface area contributed by atoms with Crippen molar-refractivity contribution in [1.29, 1.82) is 0 Å². The van der Waals surface area contributed by atoms with Gasteiger partial charge in [-0.1, -0.05) is 30.3 Å². The Balaban J connectivity index is 1.61. The Morgan fingerprint density at radius 2 is 1.85 bits per heavy atom. The first-order valence-corrected chi connectivity index (χ1v) is 13.4. The quantitative estimate of drug-likeness (QED) is 0.308. The van der Waals surface area contributed by atoms with Crippen molar-refractivity contribution in [3.8, 4) is 10.4 Å². The maximum atomic E-state index is 12.5. The molecule has 0 spiro atoms. The molecule has 12 heteroatoms. The van der Waals surface area contributed by atoms with E-state index in [9.17, 15) is 18.0 Å². The molecule has 33 heavy (non-hydrogen) atoms. The average Bonchev–Trinajstić information content (AvgIpc) is 3.21. The number of piperidine rings is 1. The predicted molar refractivity (Wildman–Crippen MR) is 132 cm³/mol. The van der Waals surface area contributed by atoms with E-state index in [2.05, 4.69) is 16.2 Å². The monoisotopic (exact) mass is 510 g/mol. The zero-order chi connectivity index (χ0) is 24.0. The van der Waals surface area contributed by atoms with Gasteiger partial charge >= 0.3 is 5.97 Å². The minimum Gasteiger partial charge on any atom is -0.462 e. The van der Waals surface area contributed by atoms with Gasteiger partial charge in [0.25, 0.3) is 0 Å². The summed E-state index contributed by atoms with van der Waals surface area (Å²) in [7, 11) is -3.25. The third kappa shape index (κ3) is 6.73. The minimum absolute atomic E-state index is 0.115. The van der Waals surface area contributed by atoms with E-state index in [1.54, 1.807) is 13.0 Å². The van der Waals surface area contributed by atoms with E-state index in [0.717, 1.165) is 16.7 Å². The molecule has 1 aromatic heterocycles. The molecule has 1 aliphatic rings. The number of nitrogens with one attached hydrogen (secondary N) is 3. The number of esters is 1. The summed E-state index contributed by atoms with van der Waals surface area (Å²) >= 11 is 6.64. The summed E-state index contributed by atoms with van der Waals surface area (Å²) in [5, 5.41) is 3.58. The first-order chi connectivity index (χ1) is 15.7. The van der Waals surface area contributed by atoms with Gasteiger partial charge in [-0.2, -0.15) is 0 Å². The van der Waals surface area contributed by atoms with Gasteiger partial charge in [0, 0.05) is 23.9 Å². The fraction of sp³-hybridized carbons (Fsp3) is 0.381. The number of rotatable bonds is 6. The number of nitrogens with zero attached hydrogens (tertiary/aromatic N) is 1. The van der Waals surface area contributed by atoms with Gasteiger partial charge in [0.05, 0.1) is 18.4 Å². The van der Waals surface area contributed by atoms with E-state index in [-0.39, 0.29) is 23.5 Å². The lowest BCUT2D eigenvalue weighted by Crippen LogP contribution is -2.49. The van der Waals surface area contributed by atoms with E-state index in [0.29, 0.717) is 36.5 Å². The minimum atomic E-state index is -3.25. The number of carbonyl (C=O) groups is 2. The molecule has 0 atom stereocenters. The Kier molecular flexibility index (Phi) is 8.40. The van der Waals surface area contributed by atoms with Crippen molar-refractivity contribution < 1.29 is 22.7 Å². The molecule has 1 saturated heterocycles. The number of hydrogen-bond donors (Lipinski definition) is 3. The van der Waals surface area contributed by atoms with Crippen LogP contribution in [0.1, 0.15) is 30.1 Å². The van der Waals surface area contributed by atoms with Crippen molar-refractivity contribution in [3.63, 3.8) is 0 Å². The maximum Gasteiger partial charge on any atom is 0.341 e. The van der Waals surface area contributed by atoms with Crippen molar-refractivity contribution in [1.82, 2.24) is 15.2 Å². The number of thiophene rings is 1. The van der Waals surface area contributed by atoms with Crippen LogP contribution in [-0.4, -0.2) is 55.7 Å². The Labute approximate surface area is 202 Å². The first-order valence-electron chi connectivity index (χ1n) is 10.4. The van der Waals surface area contributed by atoms with Gasteiger partial charge in [0.1, 0.15) is 5.00 Å². The van der Waals surface area contributed by atoms with Crippen LogP contribution in [0, 0.1) is 5.92 Å².